The highest BCUT2D eigenvalue weighted by atomic mass is 16.3. The third-order valence-corrected chi connectivity index (χ3v) is 3.62. The van der Waals surface area contributed by atoms with Crippen LogP contribution in [0.1, 0.15) is 58.3 Å². The largest absolute Gasteiger partial charge is 0.395 e. The fraction of sp³-hybridized carbons (Fsp3) is 0.812. The van der Waals surface area contributed by atoms with E-state index < -0.39 is 0 Å². The van der Waals surface area contributed by atoms with Crippen LogP contribution in [-0.2, 0) is 0 Å². The molecule has 0 aliphatic carbocycles. The molecule has 0 saturated carbocycles. The van der Waals surface area contributed by atoms with Crippen LogP contribution in [0.15, 0.2) is 17.1 Å². The van der Waals surface area contributed by atoms with Gasteiger partial charge in [0.1, 0.15) is 6.17 Å². The molecule has 0 bridgehead atoms. The number of hydrogen-bond donors (Lipinski definition) is 1. The van der Waals surface area contributed by atoms with E-state index in [1.807, 2.05) is 6.21 Å². The van der Waals surface area contributed by atoms with E-state index in [-0.39, 0.29) is 12.8 Å². The molecule has 1 rings (SSSR count). The maximum atomic E-state index is 8.95. The minimum Gasteiger partial charge on any atom is -0.395 e. The van der Waals surface area contributed by atoms with Gasteiger partial charge in [0.15, 0.2) is 0 Å². The standard InChI is InChI=1S/C16H30N2O/c1-2-3-4-5-6-7-8-9-10-11-16-17-12-13-18(16)14-15-19/h10-12,16,19H,2-9,13-15H2,1H3/b11-10+. The Morgan fingerprint density at radius 2 is 1.95 bits per heavy atom. The average molecular weight is 266 g/mol. The Morgan fingerprint density at radius 1 is 1.21 bits per heavy atom. The summed E-state index contributed by atoms with van der Waals surface area (Å²) in [6.45, 7) is 4.06. The van der Waals surface area contributed by atoms with Crippen molar-refractivity contribution < 1.29 is 5.11 Å². The van der Waals surface area contributed by atoms with Gasteiger partial charge in [0.25, 0.3) is 0 Å². The second kappa shape index (κ2) is 11.2. The molecule has 1 aliphatic heterocycles. The van der Waals surface area contributed by atoms with Crippen molar-refractivity contribution in [2.45, 2.75) is 64.5 Å². The van der Waals surface area contributed by atoms with Gasteiger partial charge in [0.2, 0.25) is 0 Å². The molecule has 0 aromatic heterocycles. The Morgan fingerprint density at radius 3 is 2.68 bits per heavy atom. The van der Waals surface area contributed by atoms with E-state index in [9.17, 15) is 0 Å². The van der Waals surface area contributed by atoms with Gasteiger partial charge in [-0.15, -0.1) is 0 Å². The summed E-state index contributed by atoms with van der Waals surface area (Å²) in [7, 11) is 0. The van der Waals surface area contributed by atoms with Crippen LogP contribution in [0, 0.1) is 0 Å². The van der Waals surface area contributed by atoms with Crippen molar-refractivity contribution in [3.8, 4) is 0 Å². The number of allylic oxidation sites excluding steroid dienone is 1. The fourth-order valence-electron chi connectivity index (χ4n) is 2.42. The first-order chi connectivity index (χ1) is 9.38. The number of aliphatic imine (C=N–C) groups is 1. The molecule has 0 aromatic rings. The van der Waals surface area contributed by atoms with E-state index >= 15 is 0 Å². The van der Waals surface area contributed by atoms with E-state index in [0.29, 0.717) is 6.54 Å². The topological polar surface area (TPSA) is 35.8 Å². The van der Waals surface area contributed by atoms with E-state index in [0.717, 1.165) is 13.0 Å². The van der Waals surface area contributed by atoms with Gasteiger partial charge in [-0.1, -0.05) is 51.5 Å². The summed E-state index contributed by atoms with van der Waals surface area (Å²) in [5, 5.41) is 8.95. The van der Waals surface area contributed by atoms with Crippen molar-refractivity contribution in [3.63, 3.8) is 0 Å². The van der Waals surface area contributed by atoms with Crippen LogP contribution < -0.4 is 0 Å². The van der Waals surface area contributed by atoms with E-state index in [4.69, 9.17) is 5.11 Å². The fourth-order valence-corrected chi connectivity index (χ4v) is 2.42. The maximum absolute atomic E-state index is 8.95. The van der Waals surface area contributed by atoms with Gasteiger partial charge in [0, 0.05) is 19.3 Å². The zero-order valence-electron chi connectivity index (χ0n) is 12.4. The number of aliphatic hydroxyl groups excluding tert-OH is 1. The highest BCUT2D eigenvalue weighted by Crippen LogP contribution is 2.11. The van der Waals surface area contributed by atoms with Crippen molar-refractivity contribution in [3.05, 3.63) is 12.2 Å². The molecular weight excluding hydrogens is 236 g/mol. The Kier molecular flexibility index (Phi) is 9.64. The summed E-state index contributed by atoms with van der Waals surface area (Å²) in [4.78, 5) is 6.59. The van der Waals surface area contributed by atoms with Crippen molar-refractivity contribution in [2.24, 2.45) is 4.99 Å². The molecule has 110 valence electrons. The highest BCUT2D eigenvalue weighted by Gasteiger charge is 2.16. The molecule has 0 amide bonds. The lowest BCUT2D eigenvalue weighted by molar-refractivity contribution is 0.201. The zero-order chi connectivity index (χ0) is 13.8. The molecule has 19 heavy (non-hydrogen) atoms. The van der Waals surface area contributed by atoms with Crippen molar-refractivity contribution >= 4 is 6.21 Å². The van der Waals surface area contributed by atoms with Crippen LogP contribution in [0.2, 0.25) is 0 Å². The Hall–Kier alpha value is -0.670. The first-order valence-corrected chi connectivity index (χ1v) is 7.91. The summed E-state index contributed by atoms with van der Waals surface area (Å²) in [6, 6.07) is 0. The van der Waals surface area contributed by atoms with Crippen LogP contribution in [0.5, 0.6) is 0 Å². The quantitative estimate of drug-likeness (QED) is 0.459. The zero-order valence-corrected chi connectivity index (χ0v) is 12.4. The summed E-state index contributed by atoms with van der Waals surface area (Å²) in [6.07, 6.45) is 17.2. The smallest absolute Gasteiger partial charge is 0.121 e. The maximum Gasteiger partial charge on any atom is 0.121 e. The van der Waals surface area contributed by atoms with Gasteiger partial charge in [-0.05, 0) is 18.9 Å². The van der Waals surface area contributed by atoms with Gasteiger partial charge in [-0.2, -0.15) is 0 Å². The summed E-state index contributed by atoms with van der Waals surface area (Å²) in [5.74, 6) is 0. The molecule has 0 spiro atoms. The summed E-state index contributed by atoms with van der Waals surface area (Å²) in [5.41, 5.74) is 0. The lowest BCUT2D eigenvalue weighted by atomic mass is 10.1. The van der Waals surface area contributed by atoms with Gasteiger partial charge >= 0.3 is 0 Å². The lowest BCUT2D eigenvalue weighted by Gasteiger charge is -2.18. The third-order valence-electron chi connectivity index (χ3n) is 3.62. The van der Waals surface area contributed by atoms with Gasteiger partial charge in [-0.25, -0.2) is 0 Å². The van der Waals surface area contributed by atoms with Gasteiger partial charge in [0.05, 0.1) is 6.61 Å². The molecule has 1 N–H and O–H groups in total. The predicted octanol–water partition coefficient (Wildman–Crippen LogP) is 3.39. The molecule has 3 nitrogen and oxygen atoms in total. The molecule has 1 aliphatic rings. The number of nitrogens with zero attached hydrogens (tertiary/aromatic N) is 2. The van der Waals surface area contributed by atoms with Crippen LogP contribution in [0.3, 0.4) is 0 Å². The molecular formula is C16H30N2O. The molecule has 1 heterocycles. The first-order valence-electron chi connectivity index (χ1n) is 7.91. The molecule has 0 aromatic carbocycles. The van der Waals surface area contributed by atoms with Crippen LogP contribution in [-0.4, -0.2) is 42.1 Å². The van der Waals surface area contributed by atoms with E-state index in [1.54, 1.807) is 0 Å². The van der Waals surface area contributed by atoms with Crippen molar-refractivity contribution in [2.75, 3.05) is 19.7 Å². The monoisotopic (exact) mass is 266 g/mol. The molecule has 3 heteroatoms. The molecule has 0 radical (unpaired) electrons. The normalized spacial score (nSPS) is 19.8. The molecule has 1 unspecified atom stereocenters. The summed E-state index contributed by atoms with van der Waals surface area (Å²) < 4.78 is 0. The SMILES string of the molecule is CCCCCCCCC/C=C/C1N=CCN1CCO. The minimum atomic E-state index is 0.164. The molecule has 1 atom stereocenters. The average Bonchev–Trinajstić information content (AvgIpc) is 2.85. The Balaban J connectivity index is 1.99. The van der Waals surface area contributed by atoms with Gasteiger partial charge in [-0.3, -0.25) is 9.89 Å². The predicted molar refractivity (Wildman–Crippen MR) is 82.7 cm³/mol. The second-order valence-electron chi connectivity index (χ2n) is 5.30. The van der Waals surface area contributed by atoms with Crippen LogP contribution >= 0.6 is 0 Å². The Labute approximate surface area is 118 Å². The van der Waals surface area contributed by atoms with E-state index in [2.05, 4.69) is 29.0 Å². The number of aliphatic hydroxyl groups is 1. The minimum absolute atomic E-state index is 0.164. The third kappa shape index (κ3) is 7.48. The summed E-state index contributed by atoms with van der Waals surface area (Å²) >= 11 is 0. The molecule has 0 fully saturated rings. The van der Waals surface area contributed by atoms with Crippen LogP contribution in [0.25, 0.3) is 0 Å². The highest BCUT2D eigenvalue weighted by molar-refractivity contribution is 5.62. The van der Waals surface area contributed by atoms with Crippen molar-refractivity contribution in [1.29, 1.82) is 0 Å². The van der Waals surface area contributed by atoms with Gasteiger partial charge < -0.3 is 5.11 Å². The van der Waals surface area contributed by atoms with Crippen LogP contribution in [0.4, 0.5) is 0 Å². The lowest BCUT2D eigenvalue weighted by Crippen LogP contribution is -2.31. The first kappa shape index (κ1) is 16.4. The van der Waals surface area contributed by atoms with Crippen molar-refractivity contribution in [1.82, 2.24) is 4.90 Å². The number of rotatable bonds is 11. The van der Waals surface area contributed by atoms with E-state index in [1.165, 1.54) is 44.9 Å². The molecule has 0 saturated heterocycles. The number of hydrogen-bond acceptors (Lipinski definition) is 3. The number of unbranched alkanes of at least 4 members (excludes halogenated alkanes) is 7. The Bertz CT molecular complexity index is 263. The number of β-amino-alcohol motifs (C(OH)–C–C–N with tert-alkyl or cyclic N) is 1. The second-order valence-corrected chi connectivity index (χ2v) is 5.30.